The predicted molar refractivity (Wildman–Crippen MR) is 121 cm³/mol. The molecule has 6 nitrogen and oxygen atoms in total. The van der Waals surface area contributed by atoms with Crippen LogP contribution in [0.5, 0.6) is 0 Å². The van der Waals surface area contributed by atoms with Crippen LogP contribution in [-0.4, -0.2) is 44.0 Å². The normalized spacial score (nSPS) is 14.9. The average Bonchev–Trinajstić information content (AvgIpc) is 2.80. The molecule has 2 aromatic carbocycles. The predicted octanol–water partition coefficient (Wildman–Crippen LogP) is 3.02. The molecule has 0 saturated carbocycles. The summed E-state index contributed by atoms with van der Waals surface area (Å²) < 4.78 is 14.8. The molecular formula is C25H23FN4O2. The summed E-state index contributed by atoms with van der Waals surface area (Å²) in [6.45, 7) is 2.29. The summed E-state index contributed by atoms with van der Waals surface area (Å²) in [4.78, 5) is 18.7. The number of hydrogen-bond donors (Lipinski definition) is 1. The average molecular weight is 430 g/mol. The highest BCUT2D eigenvalue weighted by atomic mass is 19.1. The number of nitrogens with zero attached hydrogens (tertiary/aromatic N) is 4. The Hall–Kier alpha value is -3.42. The Morgan fingerprint density at radius 3 is 2.69 bits per heavy atom. The molecule has 0 bridgehead atoms. The summed E-state index contributed by atoms with van der Waals surface area (Å²) in [7, 11) is 0. The van der Waals surface area contributed by atoms with E-state index in [1.807, 2.05) is 12.1 Å². The maximum Gasteiger partial charge on any atom is 0.274 e. The van der Waals surface area contributed by atoms with Crippen LogP contribution >= 0.6 is 0 Å². The van der Waals surface area contributed by atoms with E-state index in [1.165, 1.54) is 28.1 Å². The second-order valence-corrected chi connectivity index (χ2v) is 8.21. The maximum atomic E-state index is 13.4. The Bertz CT molecular complexity index is 1340. The summed E-state index contributed by atoms with van der Waals surface area (Å²) >= 11 is 0. The van der Waals surface area contributed by atoms with Crippen LogP contribution in [0.15, 0.2) is 71.8 Å². The lowest BCUT2D eigenvalue weighted by Crippen LogP contribution is -2.40. The third-order valence-corrected chi connectivity index (χ3v) is 5.97. The summed E-state index contributed by atoms with van der Waals surface area (Å²) in [5.74, 6) is -0.553. The van der Waals surface area contributed by atoms with Gasteiger partial charge in [-0.25, -0.2) is 9.67 Å². The standard InChI is InChI=1S/C25H23FN4O2/c26-24-12-19(7-9-27-24)18-5-6-23-21(11-18)13-28-30(25(23)32)16-22(31)15-29-10-8-17-3-1-2-4-20(17)14-29/h1-7,9,11-13,22,31H,8,10,14-16H2/t22-/m1/s1. The van der Waals surface area contributed by atoms with Gasteiger partial charge in [0.15, 0.2) is 0 Å². The fraction of sp³-hybridized carbons (Fsp3) is 0.240. The Morgan fingerprint density at radius 2 is 1.84 bits per heavy atom. The van der Waals surface area contributed by atoms with E-state index >= 15 is 0 Å². The molecule has 7 heteroatoms. The van der Waals surface area contributed by atoms with Crippen LogP contribution < -0.4 is 5.56 Å². The molecule has 1 N–H and O–H groups in total. The van der Waals surface area contributed by atoms with E-state index in [0.29, 0.717) is 22.9 Å². The monoisotopic (exact) mass is 430 g/mol. The van der Waals surface area contributed by atoms with Gasteiger partial charge < -0.3 is 5.11 Å². The number of hydrogen-bond acceptors (Lipinski definition) is 5. The van der Waals surface area contributed by atoms with E-state index in [9.17, 15) is 14.3 Å². The molecule has 0 amide bonds. The van der Waals surface area contributed by atoms with E-state index < -0.39 is 12.1 Å². The lowest BCUT2D eigenvalue weighted by atomic mass is 10.00. The molecule has 0 spiro atoms. The molecule has 2 aromatic heterocycles. The minimum atomic E-state index is -0.707. The van der Waals surface area contributed by atoms with Gasteiger partial charge in [0.1, 0.15) is 0 Å². The molecular weight excluding hydrogens is 407 g/mol. The fourth-order valence-corrected chi connectivity index (χ4v) is 4.34. The Labute approximate surface area is 184 Å². The van der Waals surface area contributed by atoms with E-state index in [4.69, 9.17) is 0 Å². The van der Waals surface area contributed by atoms with Crippen molar-refractivity contribution in [3.63, 3.8) is 0 Å². The van der Waals surface area contributed by atoms with Gasteiger partial charge in [-0.3, -0.25) is 9.69 Å². The molecule has 162 valence electrons. The van der Waals surface area contributed by atoms with Gasteiger partial charge in [0.25, 0.3) is 5.56 Å². The molecule has 1 aliphatic heterocycles. The Morgan fingerprint density at radius 1 is 1.03 bits per heavy atom. The molecule has 5 rings (SSSR count). The number of pyridine rings is 1. The number of β-amino-alcohol motifs (C(OH)–C–C–N with tert-alkyl or cyclic N) is 1. The summed E-state index contributed by atoms with van der Waals surface area (Å²) in [6.07, 6.45) is 3.28. The number of aliphatic hydroxyl groups is 1. The van der Waals surface area contributed by atoms with Crippen LogP contribution in [0.3, 0.4) is 0 Å². The first-order chi connectivity index (χ1) is 15.6. The van der Waals surface area contributed by atoms with Gasteiger partial charge in [-0.2, -0.15) is 9.49 Å². The third-order valence-electron chi connectivity index (χ3n) is 5.97. The summed E-state index contributed by atoms with van der Waals surface area (Å²) in [5.41, 5.74) is 3.86. The number of halogens is 1. The summed E-state index contributed by atoms with van der Waals surface area (Å²) in [6, 6.07) is 16.7. The zero-order valence-electron chi connectivity index (χ0n) is 17.5. The van der Waals surface area contributed by atoms with Crippen LogP contribution in [0.25, 0.3) is 21.9 Å². The number of aliphatic hydroxyl groups excluding tert-OH is 1. The molecule has 3 heterocycles. The highest BCUT2D eigenvalue weighted by molar-refractivity contribution is 5.85. The molecule has 1 aliphatic rings. The van der Waals surface area contributed by atoms with Crippen molar-refractivity contribution in [1.29, 1.82) is 0 Å². The molecule has 0 unspecified atom stereocenters. The first-order valence-electron chi connectivity index (χ1n) is 10.7. The molecule has 0 radical (unpaired) electrons. The van der Waals surface area contributed by atoms with E-state index in [-0.39, 0.29) is 12.1 Å². The number of aromatic nitrogens is 3. The fourth-order valence-electron chi connectivity index (χ4n) is 4.34. The van der Waals surface area contributed by atoms with Gasteiger partial charge in [-0.15, -0.1) is 0 Å². The maximum absolute atomic E-state index is 13.4. The largest absolute Gasteiger partial charge is 0.390 e. The molecule has 1 atom stereocenters. The number of benzene rings is 2. The van der Waals surface area contributed by atoms with Crippen molar-refractivity contribution in [3.8, 4) is 11.1 Å². The molecule has 0 aliphatic carbocycles. The Kier molecular flexibility index (Phi) is 5.51. The lowest BCUT2D eigenvalue weighted by molar-refractivity contribution is 0.0878. The summed E-state index contributed by atoms with van der Waals surface area (Å²) in [5, 5.41) is 16.1. The van der Waals surface area contributed by atoms with Crippen molar-refractivity contribution in [2.75, 3.05) is 13.1 Å². The van der Waals surface area contributed by atoms with Gasteiger partial charge in [0, 0.05) is 37.3 Å². The van der Waals surface area contributed by atoms with E-state index in [2.05, 4.69) is 33.2 Å². The van der Waals surface area contributed by atoms with Crippen LogP contribution in [-0.2, 0) is 19.5 Å². The second kappa shape index (κ2) is 8.61. The second-order valence-electron chi connectivity index (χ2n) is 8.21. The topological polar surface area (TPSA) is 71.2 Å². The zero-order valence-corrected chi connectivity index (χ0v) is 17.5. The molecule has 0 fully saturated rings. The van der Waals surface area contributed by atoms with Crippen molar-refractivity contribution in [2.45, 2.75) is 25.6 Å². The van der Waals surface area contributed by atoms with Crippen molar-refractivity contribution in [2.24, 2.45) is 0 Å². The highest BCUT2D eigenvalue weighted by Crippen LogP contribution is 2.23. The minimum absolute atomic E-state index is 0.129. The third kappa shape index (κ3) is 4.17. The van der Waals surface area contributed by atoms with Gasteiger partial charge in [-0.05, 0) is 46.9 Å². The zero-order chi connectivity index (χ0) is 22.1. The van der Waals surface area contributed by atoms with Gasteiger partial charge in [0.05, 0.1) is 24.2 Å². The minimum Gasteiger partial charge on any atom is -0.390 e. The SMILES string of the molecule is O=c1c2ccc(-c3ccnc(F)c3)cc2cnn1C[C@H](O)CN1CCc2ccccc2C1. The lowest BCUT2D eigenvalue weighted by Gasteiger charge is -2.30. The first-order valence-corrected chi connectivity index (χ1v) is 10.7. The van der Waals surface area contributed by atoms with Crippen LogP contribution in [0.2, 0.25) is 0 Å². The van der Waals surface area contributed by atoms with Crippen LogP contribution in [0, 0.1) is 5.95 Å². The number of rotatable bonds is 5. The molecule has 0 saturated heterocycles. The van der Waals surface area contributed by atoms with Crippen LogP contribution in [0.1, 0.15) is 11.1 Å². The Balaban J connectivity index is 1.32. The smallest absolute Gasteiger partial charge is 0.274 e. The van der Waals surface area contributed by atoms with Gasteiger partial charge in [0.2, 0.25) is 5.95 Å². The molecule has 32 heavy (non-hydrogen) atoms. The van der Waals surface area contributed by atoms with E-state index in [0.717, 1.165) is 25.1 Å². The van der Waals surface area contributed by atoms with Crippen molar-refractivity contribution < 1.29 is 9.50 Å². The van der Waals surface area contributed by atoms with Gasteiger partial charge in [-0.1, -0.05) is 30.3 Å². The first kappa shape index (κ1) is 20.5. The van der Waals surface area contributed by atoms with E-state index in [1.54, 1.807) is 24.4 Å². The van der Waals surface area contributed by atoms with Crippen molar-refractivity contribution in [3.05, 3.63) is 94.4 Å². The van der Waals surface area contributed by atoms with Crippen LogP contribution in [0.4, 0.5) is 4.39 Å². The highest BCUT2D eigenvalue weighted by Gasteiger charge is 2.19. The van der Waals surface area contributed by atoms with Gasteiger partial charge >= 0.3 is 0 Å². The van der Waals surface area contributed by atoms with Crippen molar-refractivity contribution in [1.82, 2.24) is 19.7 Å². The van der Waals surface area contributed by atoms with Crippen molar-refractivity contribution >= 4 is 10.8 Å². The molecule has 4 aromatic rings. The quantitative estimate of drug-likeness (QED) is 0.493. The number of fused-ring (bicyclic) bond motifs is 2.